The van der Waals surface area contributed by atoms with E-state index >= 15 is 0 Å². The Bertz CT molecular complexity index is 722. The molecule has 2 aromatic rings. The van der Waals surface area contributed by atoms with Gasteiger partial charge in [-0.25, -0.2) is 0 Å². The first-order chi connectivity index (χ1) is 12.0. The van der Waals surface area contributed by atoms with Crippen LogP contribution in [0.15, 0.2) is 12.1 Å². The summed E-state index contributed by atoms with van der Waals surface area (Å²) in [6, 6.07) is 4.08. The number of rotatable bonds is 6. The van der Waals surface area contributed by atoms with Crippen molar-refractivity contribution in [2.75, 3.05) is 25.5 Å². The van der Waals surface area contributed by atoms with E-state index in [1.165, 1.54) is 16.9 Å². The van der Waals surface area contributed by atoms with E-state index in [9.17, 15) is 4.79 Å². The molecule has 0 bridgehead atoms. The van der Waals surface area contributed by atoms with Gasteiger partial charge in [0.25, 0.3) is 0 Å². The first kappa shape index (κ1) is 17.9. The summed E-state index contributed by atoms with van der Waals surface area (Å²) in [7, 11) is 1.90. The van der Waals surface area contributed by atoms with Crippen LogP contribution in [0.2, 0.25) is 0 Å². The zero-order valence-electron chi connectivity index (χ0n) is 14.8. The van der Waals surface area contributed by atoms with Gasteiger partial charge < -0.3 is 4.74 Å². The van der Waals surface area contributed by atoms with Gasteiger partial charge in [0.05, 0.1) is 12.2 Å². The Balaban J connectivity index is 1.51. The van der Waals surface area contributed by atoms with Crippen LogP contribution >= 0.6 is 11.3 Å². The normalized spacial score (nSPS) is 17.2. The summed E-state index contributed by atoms with van der Waals surface area (Å²) in [5.74, 6) is -0.109. The molecule has 1 saturated heterocycles. The Morgan fingerprint density at radius 2 is 2.24 bits per heavy atom. The van der Waals surface area contributed by atoms with Crippen LogP contribution in [0.25, 0.3) is 0 Å². The summed E-state index contributed by atoms with van der Waals surface area (Å²) in [5, 5.41) is 12.3. The third-order valence-electron chi connectivity index (χ3n) is 3.89. The number of aromatic nitrogens is 3. The fraction of sp³-hybridized carbons (Fsp3) is 0.529. The summed E-state index contributed by atoms with van der Waals surface area (Å²) >= 11 is 1.38. The van der Waals surface area contributed by atoms with Crippen molar-refractivity contribution in [2.45, 2.75) is 39.3 Å². The largest absolute Gasteiger partial charge is 0.371 e. The van der Waals surface area contributed by atoms with Crippen molar-refractivity contribution in [1.29, 1.82) is 0 Å². The molecule has 25 heavy (non-hydrogen) atoms. The minimum atomic E-state index is -0.109. The number of pyridine rings is 1. The standard InChI is InChI=1S/C17H23N5O2S/c1-11-7-12(2)18-13(8-11)9-22(3)10-15(23)19-17-21-20-16(25-17)14-5-4-6-24-14/h7-8,14H,4-6,9-10H2,1-3H3,(H,19,21,23)/t14-/m1/s1. The van der Waals surface area contributed by atoms with E-state index in [4.69, 9.17) is 4.74 Å². The summed E-state index contributed by atoms with van der Waals surface area (Å²) in [6.45, 7) is 5.68. The van der Waals surface area contributed by atoms with Crippen molar-refractivity contribution < 1.29 is 9.53 Å². The fourth-order valence-corrected chi connectivity index (χ4v) is 3.77. The van der Waals surface area contributed by atoms with Crippen LogP contribution < -0.4 is 5.32 Å². The lowest BCUT2D eigenvalue weighted by Crippen LogP contribution is -2.30. The number of nitrogens with one attached hydrogen (secondary N) is 1. The highest BCUT2D eigenvalue weighted by Crippen LogP contribution is 2.31. The molecule has 7 nitrogen and oxygen atoms in total. The third-order valence-corrected chi connectivity index (χ3v) is 4.82. The van der Waals surface area contributed by atoms with Crippen molar-refractivity contribution in [2.24, 2.45) is 0 Å². The van der Waals surface area contributed by atoms with E-state index in [2.05, 4.69) is 20.5 Å². The summed E-state index contributed by atoms with van der Waals surface area (Å²) in [6.07, 6.45) is 2.04. The molecule has 1 aliphatic heterocycles. The maximum atomic E-state index is 12.2. The van der Waals surface area contributed by atoms with Crippen LogP contribution in [-0.4, -0.2) is 46.2 Å². The zero-order chi connectivity index (χ0) is 17.8. The number of nitrogens with zero attached hydrogens (tertiary/aromatic N) is 4. The van der Waals surface area contributed by atoms with Crippen molar-refractivity contribution in [3.63, 3.8) is 0 Å². The molecule has 0 spiro atoms. The highest BCUT2D eigenvalue weighted by molar-refractivity contribution is 7.15. The number of likely N-dealkylation sites (N-methyl/N-ethyl adjacent to an activating group) is 1. The molecule has 1 aliphatic rings. The second-order valence-electron chi connectivity index (χ2n) is 6.44. The van der Waals surface area contributed by atoms with Crippen LogP contribution in [0.5, 0.6) is 0 Å². The minimum absolute atomic E-state index is 0.0291. The van der Waals surface area contributed by atoms with Gasteiger partial charge in [-0.1, -0.05) is 11.3 Å². The van der Waals surface area contributed by atoms with Gasteiger partial charge in [0.1, 0.15) is 11.1 Å². The molecule has 1 atom stereocenters. The molecular formula is C17H23N5O2S. The Hall–Kier alpha value is -1.90. The second kappa shape index (κ2) is 7.99. The number of amides is 1. The van der Waals surface area contributed by atoms with E-state index < -0.39 is 0 Å². The quantitative estimate of drug-likeness (QED) is 0.851. The molecule has 0 aromatic carbocycles. The molecule has 0 radical (unpaired) electrons. The Labute approximate surface area is 151 Å². The fourth-order valence-electron chi connectivity index (χ4n) is 2.93. The molecule has 0 aliphatic carbocycles. The van der Waals surface area contributed by atoms with Crippen molar-refractivity contribution in [3.05, 3.63) is 34.1 Å². The Morgan fingerprint density at radius 1 is 1.40 bits per heavy atom. The molecule has 0 saturated carbocycles. The van der Waals surface area contributed by atoms with Gasteiger partial charge in [-0.15, -0.1) is 10.2 Å². The van der Waals surface area contributed by atoms with Gasteiger partial charge in [0, 0.05) is 18.8 Å². The number of ether oxygens (including phenoxy) is 1. The molecule has 2 aromatic heterocycles. The lowest BCUT2D eigenvalue weighted by Gasteiger charge is -2.15. The summed E-state index contributed by atoms with van der Waals surface area (Å²) < 4.78 is 5.59. The number of aryl methyl sites for hydroxylation is 2. The third kappa shape index (κ3) is 5.04. The predicted octanol–water partition coefficient (Wildman–Crippen LogP) is 2.47. The highest BCUT2D eigenvalue weighted by atomic mass is 32.1. The monoisotopic (exact) mass is 361 g/mol. The maximum Gasteiger partial charge on any atom is 0.240 e. The van der Waals surface area contributed by atoms with Crippen LogP contribution in [-0.2, 0) is 16.1 Å². The molecule has 8 heteroatoms. The number of carbonyl (C=O) groups excluding carboxylic acids is 1. The predicted molar refractivity (Wildman–Crippen MR) is 96.5 cm³/mol. The van der Waals surface area contributed by atoms with Crippen LogP contribution in [0, 0.1) is 13.8 Å². The molecule has 1 fully saturated rings. The number of hydrogen-bond acceptors (Lipinski definition) is 7. The highest BCUT2D eigenvalue weighted by Gasteiger charge is 2.22. The number of hydrogen-bond donors (Lipinski definition) is 1. The van der Waals surface area contributed by atoms with Gasteiger partial charge >= 0.3 is 0 Å². The van der Waals surface area contributed by atoms with Crippen molar-refractivity contribution in [1.82, 2.24) is 20.1 Å². The van der Waals surface area contributed by atoms with Crippen molar-refractivity contribution >= 4 is 22.4 Å². The van der Waals surface area contributed by atoms with E-state index in [0.717, 1.165) is 35.8 Å². The molecular weight excluding hydrogens is 338 g/mol. The molecule has 1 N–H and O–H groups in total. The van der Waals surface area contributed by atoms with Gasteiger partial charge in [-0.2, -0.15) is 0 Å². The molecule has 3 heterocycles. The first-order valence-electron chi connectivity index (χ1n) is 8.37. The van der Waals surface area contributed by atoms with Gasteiger partial charge in [0.2, 0.25) is 11.0 Å². The SMILES string of the molecule is Cc1cc(C)nc(CN(C)CC(=O)Nc2nnc([C@H]3CCCO3)s2)c1. The van der Waals surface area contributed by atoms with Crippen molar-refractivity contribution in [3.8, 4) is 0 Å². The lowest BCUT2D eigenvalue weighted by molar-refractivity contribution is -0.117. The smallest absolute Gasteiger partial charge is 0.240 e. The Kier molecular flexibility index (Phi) is 5.72. The zero-order valence-corrected chi connectivity index (χ0v) is 15.6. The first-order valence-corrected chi connectivity index (χ1v) is 9.19. The Morgan fingerprint density at radius 3 is 2.96 bits per heavy atom. The topological polar surface area (TPSA) is 80.2 Å². The van der Waals surface area contributed by atoms with Crippen LogP contribution in [0.1, 0.15) is 40.9 Å². The average Bonchev–Trinajstić information content (AvgIpc) is 3.16. The minimum Gasteiger partial charge on any atom is -0.371 e. The van der Waals surface area contributed by atoms with E-state index in [1.807, 2.05) is 37.9 Å². The van der Waals surface area contributed by atoms with Crippen LogP contribution in [0.4, 0.5) is 5.13 Å². The molecule has 134 valence electrons. The van der Waals surface area contributed by atoms with Gasteiger partial charge in [-0.3, -0.25) is 20.0 Å². The van der Waals surface area contributed by atoms with E-state index in [1.54, 1.807) is 0 Å². The molecule has 1 amide bonds. The van der Waals surface area contributed by atoms with Crippen LogP contribution in [0.3, 0.4) is 0 Å². The number of carbonyl (C=O) groups is 1. The van der Waals surface area contributed by atoms with E-state index in [0.29, 0.717) is 11.7 Å². The number of anilines is 1. The summed E-state index contributed by atoms with van der Waals surface area (Å²) in [4.78, 5) is 18.6. The maximum absolute atomic E-state index is 12.2. The average molecular weight is 361 g/mol. The van der Waals surface area contributed by atoms with Gasteiger partial charge in [-0.05, 0) is 51.4 Å². The van der Waals surface area contributed by atoms with Gasteiger partial charge in [0.15, 0.2) is 0 Å². The lowest BCUT2D eigenvalue weighted by atomic mass is 10.2. The molecule has 3 rings (SSSR count). The summed E-state index contributed by atoms with van der Waals surface area (Å²) in [5.41, 5.74) is 3.13. The second-order valence-corrected chi connectivity index (χ2v) is 7.45. The molecule has 0 unspecified atom stereocenters. The van der Waals surface area contributed by atoms with E-state index in [-0.39, 0.29) is 18.6 Å².